The van der Waals surface area contributed by atoms with Crippen LogP contribution in [0.25, 0.3) is 0 Å². The van der Waals surface area contributed by atoms with Gasteiger partial charge in [0.05, 0.1) is 16.8 Å². The van der Waals surface area contributed by atoms with Crippen molar-refractivity contribution in [2.24, 2.45) is 5.92 Å². The number of nitriles is 1. The number of amides is 1. The molecule has 1 saturated carbocycles. The fraction of sp³-hybridized carbons (Fsp3) is 0.462. The third-order valence-corrected chi connectivity index (χ3v) is 4.49. The van der Waals surface area contributed by atoms with E-state index in [1.165, 1.54) is 11.8 Å². The van der Waals surface area contributed by atoms with Gasteiger partial charge < -0.3 is 5.32 Å². The number of halogens is 1. The molecule has 0 spiro atoms. The molecule has 1 N–H and O–H groups in total. The highest BCUT2D eigenvalue weighted by molar-refractivity contribution is 9.10. The van der Waals surface area contributed by atoms with E-state index in [0.29, 0.717) is 5.92 Å². The van der Waals surface area contributed by atoms with Gasteiger partial charge in [-0.05, 0) is 53.7 Å². The normalized spacial score (nSPS) is 17.3. The van der Waals surface area contributed by atoms with Crippen molar-refractivity contribution in [3.05, 3.63) is 22.8 Å². The molecule has 0 radical (unpaired) electrons. The average molecular weight is 340 g/mol. The zero-order valence-corrected chi connectivity index (χ0v) is 12.9. The van der Waals surface area contributed by atoms with Gasteiger partial charge in [0.2, 0.25) is 5.91 Å². The molecule has 6 heteroatoms. The summed E-state index contributed by atoms with van der Waals surface area (Å²) in [5.41, 5.74) is -0.717. The molecule has 1 aliphatic rings. The van der Waals surface area contributed by atoms with Gasteiger partial charge in [0.25, 0.3) is 0 Å². The van der Waals surface area contributed by atoms with E-state index < -0.39 is 5.54 Å². The summed E-state index contributed by atoms with van der Waals surface area (Å²) in [4.78, 5) is 16.1. The maximum Gasteiger partial charge on any atom is 0.231 e. The zero-order chi connectivity index (χ0) is 13.9. The lowest BCUT2D eigenvalue weighted by atomic mass is 9.98. The predicted octanol–water partition coefficient (Wildman–Crippen LogP) is 2.74. The number of hydrogen-bond acceptors (Lipinski definition) is 4. The first-order valence-corrected chi connectivity index (χ1v) is 7.78. The number of aromatic nitrogens is 1. The lowest BCUT2D eigenvalue weighted by Crippen LogP contribution is -2.47. The fourth-order valence-electron chi connectivity index (χ4n) is 1.79. The van der Waals surface area contributed by atoms with Crippen LogP contribution in [0.4, 0.5) is 0 Å². The average Bonchev–Trinajstić information content (AvgIpc) is 3.22. The van der Waals surface area contributed by atoms with Gasteiger partial charge in [0, 0.05) is 10.7 Å². The Hall–Kier alpha value is -1.06. The number of nitrogens with one attached hydrogen (secondary N) is 1. The van der Waals surface area contributed by atoms with Gasteiger partial charge in [-0.15, -0.1) is 0 Å². The van der Waals surface area contributed by atoms with Crippen LogP contribution in [0.2, 0.25) is 0 Å². The number of nitrogens with zero attached hydrogens (tertiary/aromatic N) is 2. The minimum atomic E-state index is -0.717. The van der Waals surface area contributed by atoms with E-state index in [1.54, 1.807) is 13.1 Å². The van der Waals surface area contributed by atoms with Crippen LogP contribution < -0.4 is 5.32 Å². The Morgan fingerprint density at radius 2 is 2.42 bits per heavy atom. The van der Waals surface area contributed by atoms with Crippen LogP contribution >= 0.6 is 27.7 Å². The van der Waals surface area contributed by atoms with E-state index in [2.05, 4.69) is 32.3 Å². The summed E-state index contributed by atoms with van der Waals surface area (Å²) in [5.74, 6) is 0.460. The molecule has 100 valence electrons. The maximum atomic E-state index is 11.9. The minimum Gasteiger partial charge on any atom is -0.337 e. The summed E-state index contributed by atoms with van der Waals surface area (Å²) < 4.78 is 0.909. The Morgan fingerprint density at radius 1 is 1.68 bits per heavy atom. The lowest BCUT2D eigenvalue weighted by Gasteiger charge is -2.22. The summed E-state index contributed by atoms with van der Waals surface area (Å²) in [7, 11) is 0. The van der Waals surface area contributed by atoms with Crippen molar-refractivity contribution < 1.29 is 4.79 Å². The van der Waals surface area contributed by atoms with Crippen molar-refractivity contribution in [2.75, 3.05) is 5.75 Å². The van der Waals surface area contributed by atoms with Gasteiger partial charge in [-0.2, -0.15) is 5.26 Å². The Kier molecular flexibility index (Phi) is 4.48. The number of hydrogen-bond donors (Lipinski definition) is 1. The van der Waals surface area contributed by atoms with Crippen LogP contribution in [0.3, 0.4) is 0 Å². The third-order valence-electron chi connectivity index (χ3n) is 3.08. The number of rotatable bonds is 5. The van der Waals surface area contributed by atoms with Crippen molar-refractivity contribution in [1.82, 2.24) is 10.3 Å². The molecule has 4 nitrogen and oxygen atoms in total. The third kappa shape index (κ3) is 3.95. The molecule has 1 aromatic rings. The van der Waals surface area contributed by atoms with Crippen LogP contribution in [0, 0.1) is 17.2 Å². The molecule has 19 heavy (non-hydrogen) atoms. The van der Waals surface area contributed by atoms with E-state index in [1.807, 2.05) is 12.1 Å². The first-order chi connectivity index (χ1) is 9.03. The topological polar surface area (TPSA) is 65.8 Å². The molecule has 0 unspecified atom stereocenters. The van der Waals surface area contributed by atoms with Gasteiger partial charge >= 0.3 is 0 Å². The number of carbonyl (C=O) groups is 1. The molecule has 1 fully saturated rings. The summed E-state index contributed by atoms with van der Waals surface area (Å²) in [6.07, 6.45) is 3.74. The van der Waals surface area contributed by atoms with Crippen LogP contribution in [0.15, 0.2) is 27.8 Å². The zero-order valence-electron chi connectivity index (χ0n) is 10.5. The van der Waals surface area contributed by atoms with Crippen molar-refractivity contribution in [3.63, 3.8) is 0 Å². The molecule has 1 aliphatic carbocycles. The molecular weight excluding hydrogens is 326 g/mol. The monoisotopic (exact) mass is 339 g/mol. The van der Waals surface area contributed by atoms with E-state index in [0.717, 1.165) is 22.3 Å². The van der Waals surface area contributed by atoms with Crippen molar-refractivity contribution in [2.45, 2.75) is 30.3 Å². The standard InChI is InChI=1S/C13H14BrN3OS/c1-13(8-15,9-2-3-9)17-11(18)7-19-12-5-4-10(14)6-16-12/h4-6,9H,2-3,7H2,1H3,(H,17,18)/t13-/m1/s1. The Balaban J connectivity index is 1.84. The Labute approximate surface area is 125 Å². The second-order valence-corrected chi connectivity index (χ2v) is 6.65. The quantitative estimate of drug-likeness (QED) is 0.837. The molecule has 2 rings (SSSR count). The largest absolute Gasteiger partial charge is 0.337 e. The summed E-state index contributed by atoms with van der Waals surface area (Å²) in [5, 5.41) is 12.8. The number of thioether (sulfide) groups is 1. The number of carbonyl (C=O) groups excluding carboxylic acids is 1. The van der Waals surface area contributed by atoms with Crippen LogP contribution in [-0.4, -0.2) is 22.2 Å². The smallest absolute Gasteiger partial charge is 0.231 e. The highest BCUT2D eigenvalue weighted by Gasteiger charge is 2.42. The van der Waals surface area contributed by atoms with Crippen LogP contribution in [0.1, 0.15) is 19.8 Å². The van der Waals surface area contributed by atoms with Gasteiger partial charge in [-0.3, -0.25) is 4.79 Å². The maximum absolute atomic E-state index is 11.9. The van der Waals surface area contributed by atoms with E-state index in [4.69, 9.17) is 0 Å². The Morgan fingerprint density at radius 3 is 2.95 bits per heavy atom. The van der Waals surface area contributed by atoms with E-state index >= 15 is 0 Å². The van der Waals surface area contributed by atoms with Gasteiger partial charge in [-0.25, -0.2) is 4.98 Å². The number of pyridine rings is 1. The van der Waals surface area contributed by atoms with Gasteiger partial charge in [-0.1, -0.05) is 11.8 Å². The van der Waals surface area contributed by atoms with Crippen molar-refractivity contribution in [1.29, 1.82) is 5.26 Å². The fourth-order valence-corrected chi connectivity index (χ4v) is 2.67. The van der Waals surface area contributed by atoms with Gasteiger partial charge in [0.1, 0.15) is 5.54 Å². The van der Waals surface area contributed by atoms with Crippen LogP contribution in [0.5, 0.6) is 0 Å². The second-order valence-electron chi connectivity index (χ2n) is 4.74. The molecule has 0 bridgehead atoms. The van der Waals surface area contributed by atoms with Crippen molar-refractivity contribution >= 4 is 33.6 Å². The van der Waals surface area contributed by atoms with E-state index in [9.17, 15) is 10.1 Å². The van der Waals surface area contributed by atoms with Crippen LogP contribution in [-0.2, 0) is 4.79 Å². The first kappa shape index (κ1) is 14.4. The van der Waals surface area contributed by atoms with Gasteiger partial charge in [0.15, 0.2) is 0 Å². The molecule has 0 aliphatic heterocycles. The molecular formula is C13H14BrN3OS. The highest BCUT2D eigenvalue weighted by Crippen LogP contribution is 2.39. The van der Waals surface area contributed by atoms with E-state index in [-0.39, 0.29) is 11.7 Å². The molecule has 1 aromatic heterocycles. The Bertz CT molecular complexity index is 510. The molecule has 0 saturated heterocycles. The highest BCUT2D eigenvalue weighted by atomic mass is 79.9. The summed E-state index contributed by atoms with van der Waals surface area (Å²) >= 11 is 4.68. The predicted molar refractivity (Wildman–Crippen MR) is 77.5 cm³/mol. The summed E-state index contributed by atoms with van der Waals surface area (Å²) in [6.45, 7) is 1.80. The SMILES string of the molecule is C[C@](C#N)(NC(=O)CSc1ccc(Br)cn1)C1CC1. The molecule has 1 atom stereocenters. The molecule has 1 heterocycles. The minimum absolute atomic E-state index is 0.120. The molecule has 0 aromatic carbocycles. The second kappa shape index (κ2) is 5.93. The summed E-state index contributed by atoms with van der Waals surface area (Å²) in [6, 6.07) is 5.95. The lowest BCUT2D eigenvalue weighted by molar-refractivity contribution is -0.119. The molecule has 1 amide bonds. The first-order valence-electron chi connectivity index (χ1n) is 6.00. The van der Waals surface area contributed by atoms with Crippen molar-refractivity contribution in [3.8, 4) is 6.07 Å².